The van der Waals surface area contributed by atoms with Crippen LogP contribution in [0.15, 0.2) is 55.4 Å². The van der Waals surface area contributed by atoms with E-state index in [-0.39, 0.29) is 11.9 Å². The number of carbonyl (C=O) groups excluding carboxylic acids is 2. The Balaban J connectivity index is 1.60. The van der Waals surface area contributed by atoms with Crippen molar-refractivity contribution in [3.05, 3.63) is 72.1 Å². The Morgan fingerprint density at radius 2 is 1.69 bits per heavy atom. The molecule has 0 saturated carbocycles. The van der Waals surface area contributed by atoms with E-state index in [1.807, 2.05) is 39.0 Å². The molecule has 1 fully saturated rings. The van der Waals surface area contributed by atoms with Gasteiger partial charge in [-0.2, -0.15) is 0 Å². The predicted molar refractivity (Wildman–Crippen MR) is 114 cm³/mol. The minimum absolute atomic E-state index is 0.0462. The van der Waals surface area contributed by atoms with Crippen LogP contribution in [0.5, 0.6) is 0 Å². The first-order valence-corrected chi connectivity index (χ1v) is 9.81. The molecule has 1 N–H and O–H groups in total. The van der Waals surface area contributed by atoms with Crippen molar-refractivity contribution in [2.75, 3.05) is 26.2 Å². The molecule has 1 saturated heterocycles. The Kier molecular flexibility index (Phi) is 6.01. The number of piperazine rings is 1. The predicted octanol–water partition coefficient (Wildman–Crippen LogP) is 3.52. The highest BCUT2D eigenvalue weighted by molar-refractivity contribution is 5.94. The van der Waals surface area contributed by atoms with Crippen molar-refractivity contribution < 1.29 is 9.59 Å². The molecule has 3 amide bonds. The van der Waals surface area contributed by atoms with Crippen molar-refractivity contribution in [1.29, 1.82) is 0 Å². The molecule has 0 unspecified atom stereocenters. The number of carbonyl (C=O) groups is 2. The van der Waals surface area contributed by atoms with E-state index in [1.54, 1.807) is 34.3 Å². The van der Waals surface area contributed by atoms with Gasteiger partial charge in [-0.3, -0.25) is 9.78 Å². The number of urea groups is 1. The molecule has 6 nitrogen and oxygen atoms in total. The van der Waals surface area contributed by atoms with Gasteiger partial charge >= 0.3 is 6.03 Å². The van der Waals surface area contributed by atoms with E-state index in [2.05, 4.69) is 22.9 Å². The summed E-state index contributed by atoms with van der Waals surface area (Å²) in [4.78, 5) is 32.9. The van der Waals surface area contributed by atoms with Crippen molar-refractivity contribution in [3.63, 3.8) is 0 Å². The zero-order valence-electron chi connectivity index (χ0n) is 17.3. The van der Waals surface area contributed by atoms with Gasteiger partial charge in [-0.05, 0) is 50.1 Å². The fourth-order valence-electron chi connectivity index (χ4n) is 3.38. The number of nitrogens with zero attached hydrogens (tertiary/aromatic N) is 3. The van der Waals surface area contributed by atoms with E-state index >= 15 is 0 Å². The number of rotatable bonds is 4. The van der Waals surface area contributed by atoms with Crippen LogP contribution < -0.4 is 5.32 Å². The van der Waals surface area contributed by atoms with Crippen molar-refractivity contribution in [1.82, 2.24) is 20.1 Å². The molecule has 0 spiro atoms. The molecule has 0 bridgehead atoms. The highest BCUT2D eigenvalue weighted by Crippen LogP contribution is 2.24. The summed E-state index contributed by atoms with van der Waals surface area (Å²) >= 11 is 0. The van der Waals surface area contributed by atoms with Crippen LogP contribution in [0.1, 0.15) is 42.3 Å². The van der Waals surface area contributed by atoms with E-state index < -0.39 is 5.54 Å². The molecule has 2 aromatic rings. The summed E-state index contributed by atoms with van der Waals surface area (Å²) in [6.07, 6.45) is 3.22. The van der Waals surface area contributed by atoms with E-state index in [1.165, 1.54) is 0 Å². The number of hydrogen-bond acceptors (Lipinski definition) is 3. The summed E-state index contributed by atoms with van der Waals surface area (Å²) < 4.78 is 0. The third-order valence-electron chi connectivity index (χ3n) is 5.26. The number of aromatic nitrogens is 1. The minimum Gasteiger partial charge on any atom is -0.335 e. The highest BCUT2D eigenvalue weighted by Gasteiger charge is 2.29. The fourth-order valence-corrected chi connectivity index (χ4v) is 3.38. The molecule has 3 rings (SSSR count). The number of nitrogens with one attached hydrogen (secondary N) is 1. The van der Waals surface area contributed by atoms with Gasteiger partial charge in [0, 0.05) is 38.6 Å². The summed E-state index contributed by atoms with van der Waals surface area (Å²) in [5.41, 5.74) is 3.13. The summed E-state index contributed by atoms with van der Waals surface area (Å²) in [5, 5.41) is 3.13. The van der Waals surface area contributed by atoms with Gasteiger partial charge in [0.25, 0.3) is 5.91 Å². The Morgan fingerprint density at radius 3 is 2.31 bits per heavy atom. The molecular weight excluding hydrogens is 364 g/mol. The third kappa shape index (κ3) is 4.83. The van der Waals surface area contributed by atoms with E-state index in [0.29, 0.717) is 31.7 Å². The first-order chi connectivity index (χ1) is 13.8. The van der Waals surface area contributed by atoms with Gasteiger partial charge in [-0.25, -0.2) is 4.79 Å². The lowest BCUT2D eigenvalue weighted by Gasteiger charge is -2.37. The molecule has 29 heavy (non-hydrogen) atoms. The lowest BCUT2D eigenvalue weighted by Crippen LogP contribution is -2.55. The fraction of sp³-hybridized carbons (Fsp3) is 0.348. The van der Waals surface area contributed by atoms with Gasteiger partial charge in [0.1, 0.15) is 0 Å². The molecule has 0 radical (unpaired) electrons. The van der Waals surface area contributed by atoms with Crippen LogP contribution in [0.2, 0.25) is 0 Å². The summed E-state index contributed by atoms with van der Waals surface area (Å²) in [5.74, 6) is -0.0462. The van der Waals surface area contributed by atoms with E-state index in [0.717, 1.165) is 16.7 Å². The van der Waals surface area contributed by atoms with Crippen molar-refractivity contribution in [2.24, 2.45) is 0 Å². The van der Waals surface area contributed by atoms with Gasteiger partial charge in [0.05, 0.1) is 11.1 Å². The Morgan fingerprint density at radius 1 is 1.03 bits per heavy atom. The van der Waals surface area contributed by atoms with Gasteiger partial charge in [-0.1, -0.05) is 30.4 Å². The molecule has 1 aromatic heterocycles. The van der Waals surface area contributed by atoms with Gasteiger partial charge in [0.15, 0.2) is 0 Å². The lowest BCUT2D eigenvalue weighted by atomic mass is 9.92. The molecule has 0 aliphatic carbocycles. The lowest BCUT2D eigenvalue weighted by molar-refractivity contribution is 0.0660. The van der Waals surface area contributed by atoms with Crippen molar-refractivity contribution >= 4 is 17.5 Å². The average molecular weight is 393 g/mol. The van der Waals surface area contributed by atoms with Crippen LogP contribution in [0, 0.1) is 0 Å². The molecular formula is C23H28N4O2. The summed E-state index contributed by atoms with van der Waals surface area (Å²) in [6.45, 7) is 12.0. The summed E-state index contributed by atoms with van der Waals surface area (Å²) in [7, 11) is 0. The largest absolute Gasteiger partial charge is 0.335 e. The van der Waals surface area contributed by atoms with Crippen LogP contribution in [-0.4, -0.2) is 52.9 Å². The zero-order valence-corrected chi connectivity index (χ0v) is 17.3. The quantitative estimate of drug-likeness (QED) is 0.866. The second-order valence-corrected chi connectivity index (χ2v) is 7.94. The maximum Gasteiger partial charge on any atom is 0.318 e. The number of pyridine rings is 1. The highest BCUT2D eigenvalue weighted by atomic mass is 16.2. The van der Waals surface area contributed by atoms with Crippen LogP contribution in [-0.2, 0) is 5.54 Å². The monoisotopic (exact) mass is 392 g/mol. The van der Waals surface area contributed by atoms with Crippen LogP contribution in [0.25, 0.3) is 5.57 Å². The van der Waals surface area contributed by atoms with Crippen LogP contribution >= 0.6 is 0 Å². The molecule has 152 valence electrons. The normalized spacial score (nSPS) is 14.4. The van der Waals surface area contributed by atoms with Crippen LogP contribution in [0.3, 0.4) is 0 Å². The topological polar surface area (TPSA) is 65.5 Å². The molecule has 0 atom stereocenters. The second-order valence-electron chi connectivity index (χ2n) is 7.94. The smallest absolute Gasteiger partial charge is 0.318 e. The number of hydrogen-bond donors (Lipinski definition) is 1. The van der Waals surface area contributed by atoms with E-state index in [9.17, 15) is 9.59 Å². The minimum atomic E-state index is -0.523. The Bertz CT molecular complexity index is 900. The number of amides is 3. The summed E-state index contributed by atoms with van der Waals surface area (Å²) in [6, 6.07) is 11.5. The first kappa shape index (κ1) is 20.6. The van der Waals surface area contributed by atoms with E-state index in [4.69, 9.17) is 0 Å². The Labute approximate surface area is 172 Å². The van der Waals surface area contributed by atoms with Crippen LogP contribution in [0.4, 0.5) is 4.79 Å². The van der Waals surface area contributed by atoms with Gasteiger partial charge in [0.2, 0.25) is 0 Å². The molecule has 1 aromatic carbocycles. The standard InChI is InChI=1S/C23H28N4O2/c1-17(2)18-7-5-9-20(15-18)23(3,4)25-22(29)27-13-11-26(12-14-27)21(28)19-8-6-10-24-16-19/h5-10,15-16H,1,11-14H2,2-4H3,(H,25,29). The SMILES string of the molecule is C=C(C)c1cccc(C(C)(C)NC(=O)N2CCN(C(=O)c3cccnc3)CC2)c1. The average Bonchev–Trinajstić information content (AvgIpc) is 2.73. The van der Waals surface area contributed by atoms with Gasteiger partial charge in [-0.15, -0.1) is 0 Å². The Hall–Kier alpha value is -3.15. The molecule has 6 heteroatoms. The molecule has 1 aliphatic heterocycles. The molecule has 1 aliphatic rings. The first-order valence-electron chi connectivity index (χ1n) is 9.81. The van der Waals surface area contributed by atoms with Crippen molar-refractivity contribution in [3.8, 4) is 0 Å². The van der Waals surface area contributed by atoms with Crippen molar-refractivity contribution in [2.45, 2.75) is 26.3 Å². The molecule has 2 heterocycles. The maximum atomic E-state index is 12.8. The zero-order chi connectivity index (χ0) is 21.0. The number of benzene rings is 1. The van der Waals surface area contributed by atoms with Gasteiger partial charge < -0.3 is 15.1 Å². The third-order valence-corrected chi connectivity index (χ3v) is 5.26. The second kappa shape index (κ2) is 8.47. The maximum absolute atomic E-state index is 12.8. The number of allylic oxidation sites excluding steroid dienone is 1.